The molecule has 0 spiro atoms. The first kappa shape index (κ1) is 15.7. The van der Waals surface area contributed by atoms with Crippen LogP contribution in [-0.2, 0) is 6.61 Å². The predicted molar refractivity (Wildman–Crippen MR) is 87.3 cm³/mol. The van der Waals surface area contributed by atoms with Crippen molar-refractivity contribution in [3.05, 3.63) is 52.5 Å². The molecule has 2 aromatic rings. The third kappa shape index (κ3) is 4.67. The first-order valence-corrected chi connectivity index (χ1v) is 7.70. The fourth-order valence-corrected chi connectivity index (χ4v) is 2.16. The quantitative estimate of drug-likeness (QED) is 0.715. The monoisotopic (exact) mass is 350 g/mol. The fourth-order valence-electron chi connectivity index (χ4n) is 1.80. The molecule has 0 radical (unpaired) electrons. The van der Waals surface area contributed by atoms with Crippen molar-refractivity contribution in [1.29, 1.82) is 0 Å². The van der Waals surface area contributed by atoms with E-state index in [2.05, 4.69) is 22.9 Å². The minimum Gasteiger partial charge on any atom is -0.497 e. The van der Waals surface area contributed by atoms with Gasteiger partial charge in [0, 0.05) is 10.0 Å². The van der Waals surface area contributed by atoms with Crippen LogP contribution < -0.4 is 14.2 Å². The minimum atomic E-state index is 0.479. The van der Waals surface area contributed by atoms with Crippen molar-refractivity contribution < 1.29 is 14.2 Å². The lowest BCUT2D eigenvalue weighted by atomic mass is 10.2. The molecule has 0 aliphatic heterocycles. The SMILES string of the molecule is CCCOc1ccc(OCc2cc(OC)ccc2Br)cc1. The first-order valence-electron chi connectivity index (χ1n) is 6.91. The van der Waals surface area contributed by atoms with Gasteiger partial charge in [0.15, 0.2) is 0 Å². The van der Waals surface area contributed by atoms with E-state index in [4.69, 9.17) is 14.2 Å². The summed E-state index contributed by atoms with van der Waals surface area (Å²) in [4.78, 5) is 0. The zero-order chi connectivity index (χ0) is 15.1. The van der Waals surface area contributed by atoms with Crippen LogP contribution in [0.25, 0.3) is 0 Å². The second-order valence-electron chi connectivity index (χ2n) is 4.57. The molecule has 0 aliphatic rings. The van der Waals surface area contributed by atoms with Crippen LogP contribution in [0, 0.1) is 0 Å². The smallest absolute Gasteiger partial charge is 0.120 e. The van der Waals surface area contributed by atoms with E-state index in [1.54, 1.807) is 7.11 Å². The molecule has 112 valence electrons. The van der Waals surface area contributed by atoms with Gasteiger partial charge in [0.25, 0.3) is 0 Å². The zero-order valence-electron chi connectivity index (χ0n) is 12.3. The molecule has 0 amide bonds. The van der Waals surface area contributed by atoms with Crippen molar-refractivity contribution in [3.63, 3.8) is 0 Å². The van der Waals surface area contributed by atoms with Crippen LogP contribution in [0.5, 0.6) is 17.2 Å². The second-order valence-corrected chi connectivity index (χ2v) is 5.42. The predicted octanol–water partition coefficient (Wildman–Crippen LogP) is 4.83. The van der Waals surface area contributed by atoms with E-state index in [0.29, 0.717) is 6.61 Å². The Balaban J connectivity index is 1.96. The zero-order valence-corrected chi connectivity index (χ0v) is 13.9. The number of hydrogen-bond donors (Lipinski definition) is 0. The highest BCUT2D eigenvalue weighted by molar-refractivity contribution is 9.10. The number of halogens is 1. The van der Waals surface area contributed by atoms with Crippen LogP contribution >= 0.6 is 15.9 Å². The van der Waals surface area contributed by atoms with Crippen molar-refractivity contribution in [2.75, 3.05) is 13.7 Å². The molecule has 0 heterocycles. The van der Waals surface area contributed by atoms with Crippen molar-refractivity contribution >= 4 is 15.9 Å². The summed E-state index contributed by atoms with van der Waals surface area (Å²) in [5, 5.41) is 0. The van der Waals surface area contributed by atoms with E-state index in [-0.39, 0.29) is 0 Å². The number of rotatable bonds is 7. The van der Waals surface area contributed by atoms with Crippen LogP contribution in [0.2, 0.25) is 0 Å². The molecule has 0 aromatic heterocycles. The topological polar surface area (TPSA) is 27.7 Å². The Morgan fingerprint density at radius 1 is 0.905 bits per heavy atom. The second kappa shape index (κ2) is 7.93. The average molecular weight is 351 g/mol. The maximum Gasteiger partial charge on any atom is 0.120 e. The molecule has 2 aromatic carbocycles. The van der Waals surface area contributed by atoms with Gasteiger partial charge in [0.2, 0.25) is 0 Å². The van der Waals surface area contributed by atoms with Gasteiger partial charge in [-0.3, -0.25) is 0 Å². The summed E-state index contributed by atoms with van der Waals surface area (Å²) in [6.07, 6.45) is 1.00. The Morgan fingerprint density at radius 2 is 1.52 bits per heavy atom. The summed E-state index contributed by atoms with van der Waals surface area (Å²) in [6, 6.07) is 13.5. The van der Waals surface area contributed by atoms with Gasteiger partial charge < -0.3 is 14.2 Å². The Bertz CT molecular complexity index is 567. The fraction of sp³-hybridized carbons (Fsp3) is 0.294. The molecule has 0 bridgehead atoms. The molecule has 0 fully saturated rings. The number of hydrogen-bond acceptors (Lipinski definition) is 3. The Kier molecular flexibility index (Phi) is 5.93. The first-order chi connectivity index (χ1) is 10.2. The van der Waals surface area contributed by atoms with Gasteiger partial charge in [-0.25, -0.2) is 0 Å². The van der Waals surface area contributed by atoms with Gasteiger partial charge in [0.05, 0.1) is 13.7 Å². The van der Waals surface area contributed by atoms with Crippen LogP contribution in [0.4, 0.5) is 0 Å². The summed E-state index contributed by atoms with van der Waals surface area (Å²) < 4.78 is 17.6. The number of ether oxygens (including phenoxy) is 3. The molecular weight excluding hydrogens is 332 g/mol. The van der Waals surface area contributed by atoms with E-state index < -0.39 is 0 Å². The van der Waals surface area contributed by atoms with Crippen molar-refractivity contribution in [2.24, 2.45) is 0 Å². The Morgan fingerprint density at radius 3 is 2.14 bits per heavy atom. The van der Waals surface area contributed by atoms with Gasteiger partial charge >= 0.3 is 0 Å². The maximum absolute atomic E-state index is 5.79. The summed E-state index contributed by atoms with van der Waals surface area (Å²) in [7, 11) is 1.66. The van der Waals surface area contributed by atoms with Gasteiger partial charge in [-0.2, -0.15) is 0 Å². The highest BCUT2D eigenvalue weighted by Crippen LogP contribution is 2.25. The molecule has 0 saturated carbocycles. The maximum atomic E-state index is 5.79. The minimum absolute atomic E-state index is 0.479. The molecule has 4 heteroatoms. The normalized spacial score (nSPS) is 10.2. The molecule has 2 rings (SSSR count). The highest BCUT2D eigenvalue weighted by Gasteiger charge is 2.04. The third-order valence-electron chi connectivity index (χ3n) is 2.94. The molecule has 21 heavy (non-hydrogen) atoms. The van der Waals surface area contributed by atoms with Crippen LogP contribution in [0.3, 0.4) is 0 Å². The highest BCUT2D eigenvalue weighted by atomic mass is 79.9. The number of methoxy groups -OCH3 is 1. The average Bonchev–Trinajstić information content (AvgIpc) is 2.53. The molecule has 3 nitrogen and oxygen atoms in total. The summed E-state index contributed by atoms with van der Waals surface area (Å²) >= 11 is 3.52. The standard InChI is InChI=1S/C17H19BrO3/c1-3-10-20-14-4-6-15(7-5-14)21-12-13-11-16(19-2)8-9-17(13)18/h4-9,11H,3,10,12H2,1-2H3. The molecular formula is C17H19BrO3. The van der Waals surface area contributed by atoms with Crippen molar-refractivity contribution in [1.82, 2.24) is 0 Å². The van der Waals surface area contributed by atoms with Gasteiger partial charge in [-0.05, 0) is 48.9 Å². The van der Waals surface area contributed by atoms with Crippen LogP contribution in [0.15, 0.2) is 46.9 Å². The number of benzene rings is 2. The third-order valence-corrected chi connectivity index (χ3v) is 3.72. The molecule has 0 unspecified atom stereocenters. The summed E-state index contributed by atoms with van der Waals surface area (Å²) in [6.45, 7) is 3.30. The lowest BCUT2D eigenvalue weighted by Crippen LogP contribution is -1.98. The molecule has 0 atom stereocenters. The lowest BCUT2D eigenvalue weighted by molar-refractivity contribution is 0.300. The summed E-state index contributed by atoms with van der Waals surface area (Å²) in [5.74, 6) is 2.50. The Hall–Kier alpha value is -1.68. The van der Waals surface area contributed by atoms with Crippen molar-refractivity contribution in [3.8, 4) is 17.2 Å². The van der Waals surface area contributed by atoms with Gasteiger partial charge in [-0.15, -0.1) is 0 Å². The molecule has 0 N–H and O–H groups in total. The lowest BCUT2D eigenvalue weighted by Gasteiger charge is -2.10. The van der Waals surface area contributed by atoms with Gasteiger partial charge in [-0.1, -0.05) is 22.9 Å². The molecule has 0 aliphatic carbocycles. The van der Waals surface area contributed by atoms with Gasteiger partial charge in [0.1, 0.15) is 23.9 Å². The van der Waals surface area contributed by atoms with E-state index in [1.807, 2.05) is 42.5 Å². The van der Waals surface area contributed by atoms with E-state index in [1.165, 1.54) is 0 Å². The van der Waals surface area contributed by atoms with Crippen molar-refractivity contribution in [2.45, 2.75) is 20.0 Å². The van der Waals surface area contributed by atoms with Crippen LogP contribution in [0.1, 0.15) is 18.9 Å². The Labute approximate surface area is 134 Å². The van der Waals surface area contributed by atoms with Crippen LogP contribution in [-0.4, -0.2) is 13.7 Å². The molecule has 0 saturated heterocycles. The largest absolute Gasteiger partial charge is 0.497 e. The van der Waals surface area contributed by atoms with E-state index >= 15 is 0 Å². The van der Waals surface area contributed by atoms with E-state index in [0.717, 1.165) is 40.3 Å². The van der Waals surface area contributed by atoms with E-state index in [9.17, 15) is 0 Å². The summed E-state index contributed by atoms with van der Waals surface area (Å²) in [5.41, 5.74) is 1.04.